The average molecular weight is 277 g/mol. The van der Waals surface area contributed by atoms with Crippen molar-refractivity contribution >= 4 is 17.4 Å². The fourth-order valence-corrected chi connectivity index (χ4v) is 3.09. The van der Waals surface area contributed by atoms with Crippen molar-refractivity contribution in [2.24, 2.45) is 5.92 Å². The van der Waals surface area contributed by atoms with E-state index in [1.54, 1.807) is 12.1 Å². The number of ether oxygens (including phenoxy) is 1. The van der Waals surface area contributed by atoms with Crippen LogP contribution in [0.1, 0.15) is 6.42 Å². The highest BCUT2D eigenvalue weighted by atomic mass is 32.2. The van der Waals surface area contributed by atoms with Gasteiger partial charge in [0.05, 0.1) is 0 Å². The van der Waals surface area contributed by atoms with Gasteiger partial charge in [0.25, 0.3) is 0 Å². The fraction of sp³-hybridized carbons (Fsp3) is 0.500. The monoisotopic (exact) mass is 277 g/mol. The number of benzene rings is 1. The maximum Gasteiger partial charge on any atom is 0.573 e. The van der Waals surface area contributed by atoms with Crippen LogP contribution in [0.15, 0.2) is 24.3 Å². The van der Waals surface area contributed by atoms with E-state index >= 15 is 0 Å². The highest BCUT2D eigenvalue weighted by Gasteiger charge is 2.31. The Hall–Kier alpha value is -1.04. The number of rotatable bonds is 4. The molecule has 1 N–H and O–H groups in total. The van der Waals surface area contributed by atoms with Gasteiger partial charge in [0, 0.05) is 18.3 Å². The first-order chi connectivity index (χ1) is 8.53. The van der Waals surface area contributed by atoms with Gasteiger partial charge in [0.2, 0.25) is 0 Å². The molecule has 1 atom stereocenters. The van der Waals surface area contributed by atoms with Crippen molar-refractivity contribution in [3.05, 3.63) is 24.3 Å². The molecule has 0 bridgehead atoms. The van der Waals surface area contributed by atoms with E-state index in [9.17, 15) is 13.2 Å². The molecule has 1 aromatic carbocycles. The number of hydrogen-bond donors (Lipinski definition) is 1. The molecule has 0 radical (unpaired) electrons. The van der Waals surface area contributed by atoms with Crippen LogP contribution in [0.4, 0.5) is 18.9 Å². The summed E-state index contributed by atoms with van der Waals surface area (Å²) < 4.78 is 40.0. The molecule has 1 heterocycles. The summed E-state index contributed by atoms with van der Waals surface area (Å²) in [6.07, 6.45) is -3.48. The smallest absolute Gasteiger partial charge is 0.406 e. The van der Waals surface area contributed by atoms with E-state index in [1.807, 2.05) is 11.8 Å². The second-order valence-electron chi connectivity index (χ2n) is 4.19. The minimum atomic E-state index is -4.64. The average Bonchev–Trinajstić information content (AvgIpc) is 2.77. The Balaban J connectivity index is 1.90. The third kappa shape index (κ3) is 4.33. The van der Waals surface area contributed by atoms with Crippen LogP contribution in [-0.4, -0.2) is 24.4 Å². The van der Waals surface area contributed by atoms with Crippen molar-refractivity contribution in [3.8, 4) is 5.75 Å². The van der Waals surface area contributed by atoms with Crippen LogP contribution < -0.4 is 10.1 Å². The summed E-state index contributed by atoms with van der Waals surface area (Å²) in [6.45, 7) is 0.794. The second-order valence-corrected chi connectivity index (χ2v) is 5.34. The standard InChI is InChI=1S/C12H14F3NOS/c13-12(14,15)17-11-3-1-2-10(6-11)16-7-9-4-5-18-8-9/h1-3,6,9,16H,4-5,7-8H2. The maximum absolute atomic E-state index is 12.1. The van der Waals surface area contributed by atoms with Gasteiger partial charge in [-0.05, 0) is 36.0 Å². The van der Waals surface area contributed by atoms with Gasteiger partial charge < -0.3 is 10.1 Å². The van der Waals surface area contributed by atoms with E-state index in [0.29, 0.717) is 11.6 Å². The zero-order valence-electron chi connectivity index (χ0n) is 9.67. The lowest BCUT2D eigenvalue weighted by Gasteiger charge is -2.13. The van der Waals surface area contributed by atoms with Gasteiger partial charge in [-0.15, -0.1) is 13.2 Å². The summed E-state index contributed by atoms with van der Waals surface area (Å²) in [7, 11) is 0. The maximum atomic E-state index is 12.1. The quantitative estimate of drug-likeness (QED) is 0.905. The van der Waals surface area contributed by atoms with Crippen molar-refractivity contribution in [1.82, 2.24) is 0 Å². The van der Waals surface area contributed by atoms with E-state index in [1.165, 1.54) is 17.9 Å². The summed E-state index contributed by atoms with van der Waals surface area (Å²) in [6, 6.07) is 5.96. The molecule has 6 heteroatoms. The van der Waals surface area contributed by atoms with Gasteiger partial charge in [-0.25, -0.2) is 0 Å². The first-order valence-electron chi connectivity index (χ1n) is 5.70. The minimum Gasteiger partial charge on any atom is -0.406 e. The van der Waals surface area contributed by atoms with Gasteiger partial charge in [-0.3, -0.25) is 0 Å². The van der Waals surface area contributed by atoms with Crippen molar-refractivity contribution in [1.29, 1.82) is 0 Å². The van der Waals surface area contributed by atoms with Crippen molar-refractivity contribution in [2.45, 2.75) is 12.8 Å². The lowest BCUT2D eigenvalue weighted by Crippen LogP contribution is -2.17. The molecule has 0 spiro atoms. The Morgan fingerprint density at radius 2 is 2.22 bits per heavy atom. The SMILES string of the molecule is FC(F)(F)Oc1cccc(NCC2CCSC2)c1. The molecule has 1 saturated heterocycles. The van der Waals surface area contributed by atoms with E-state index in [-0.39, 0.29) is 5.75 Å². The molecule has 2 nitrogen and oxygen atoms in total. The third-order valence-electron chi connectivity index (χ3n) is 2.69. The number of thioether (sulfide) groups is 1. The highest BCUT2D eigenvalue weighted by molar-refractivity contribution is 7.99. The molecule has 0 amide bonds. The number of halogens is 3. The largest absolute Gasteiger partial charge is 0.573 e. The highest BCUT2D eigenvalue weighted by Crippen LogP contribution is 2.26. The number of alkyl halides is 3. The zero-order chi connectivity index (χ0) is 13.0. The predicted molar refractivity (Wildman–Crippen MR) is 67.0 cm³/mol. The Kier molecular flexibility index (Phi) is 4.27. The molecule has 1 aromatic rings. The normalized spacial score (nSPS) is 19.8. The van der Waals surface area contributed by atoms with Gasteiger partial charge in [0.1, 0.15) is 5.75 Å². The minimum absolute atomic E-state index is 0.187. The molecule has 1 aliphatic heterocycles. The summed E-state index contributed by atoms with van der Waals surface area (Å²) in [5.41, 5.74) is 0.661. The van der Waals surface area contributed by atoms with Crippen LogP contribution in [-0.2, 0) is 0 Å². The Morgan fingerprint density at radius 3 is 2.89 bits per heavy atom. The number of anilines is 1. The third-order valence-corrected chi connectivity index (χ3v) is 3.92. The molecule has 0 aromatic heterocycles. The lowest BCUT2D eigenvalue weighted by molar-refractivity contribution is -0.274. The second kappa shape index (κ2) is 5.73. The molecular weight excluding hydrogens is 263 g/mol. The summed E-state index contributed by atoms with van der Waals surface area (Å²) >= 11 is 1.91. The molecule has 1 fully saturated rings. The molecule has 100 valence electrons. The summed E-state index contributed by atoms with van der Waals surface area (Å²) in [4.78, 5) is 0. The molecule has 0 aliphatic carbocycles. The van der Waals surface area contributed by atoms with E-state index in [0.717, 1.165) is 18.7 Å². The van der Waals surface area contributed by atoms with E-state index in [2.05, 4.69) is 10.1 Å². The van der Waals surface area contributed by atoms with Gasteiger partial charge in [-0.2, -0.15) is 11.8 Å². The van der Waals surface area contributed by atoms with E-state index in [4.69, 9.17) is 0 Å². The van der Waals surface area contributed by atoms with Crippen LogP contribution in [0.3, 0.4) is 0 Å². The molecule has 0 saturated carbocycles. The Morgan fingerprint density at radius 1 is 1.39 bits per heavy atom. The van der Waals surface area contributed by atoms with Crippen LogP contribution in [0.25, 0.3) is 0 Å². The van der Waals surface area contributed by atoms with Crippen molar-refractivity contribution < 1.29 is 17.9 Å². The topological polar surface area (TPSA) is 21.3 Å². The van der Waals surface area contributed by atoms with Gasteiger partial charge in [0.15, 0.2) is 0 Å². The molecular formula is C12H14F3NOS. The van der Waals surface area contributed by atoms with Crippen LogP contribution >= 0.6 is 11.8 Å². The first kappa shape index (κ1) is 13.4. The van der Waals surface area contributed by atoms with Gasteiger partial charge in [-0.1, -0.05) is 6.07 Å². The predicted octanol–water partition coefficient (Wildman–Crippen LogP) is 3.75. The summed E-state index contributed by atoms with van der Waals surface area (Å²) in [5.74, 6) is 2.70. The molecule has 1 aliphatic rings. The van der Waals surface area contributed by atoms with Gasteiger partial charge >= 0.3 is 6.36 Å². The van der Waals surface area contributed by atoms with Crippen LogP contribution in [0.2, 0.25) is 0 Å². The molecule has 2 rings (SSSR count). The molecule has 18 heavy (non-hydrogen) atoms. The van der Waals surface area contributed by atoms with E-state index < -0.39 is 6.36 Å². The first-order valence-corrected chi connectivity index (χ1v) is 6.86. The van der Waals surface area contributed by atoms with Crippen LogP contribution in [0.5, 0.6) is 5.75 Å². The van der Waals surface area contributed by atoms with Crippen molar-refractivity contribution in [2.75, 3.05) is 23.4 Å². The lowest BCUT2D eigenvalue weighted by atomic mass is 10.1. The summed E-state index contributed by atoms with van der Waals surface area (Å²) in [5, 5.41) is 3.15. The van der Waals surface area contributed by atoms with Crippen molar-refractivity contribution in [3.63, 3.8) is 0 Å². The zero-order valence-corrected chi connectivity index (χ0v) is 10.5. The van der Waals surface area contributed by atoms with Crippen LogP contribution in [0, 0.1) is 5.92 Å². The number of hydrogen-bond acceptors (Lipinski definition) is 3. The number of nitrogens with one attached hydrogen (secondary N) is 1. The Labute approximate surface area is 108 Å². The fourth-order valence-electron chi connectivity index (χ4n) is 1.81. The Bertz CT molecular complexity index is 391. The molecule has 1 unspecified atom stereocenters.